The number of nitrogens with one attached hydrogen (secondary N) is 1. The molecule has 0 aromatic heterocycles. The first-order valence-electron chi connectivity index (χ1n) is 6.80. The normalized spacial score (nSPS) is 20.9. The Bertz CT molecular complexity index is 544. The summed E-state index contributed by atoms with van der Waals surface area (Å²) in [5.41, 5.74) is 0.592. The zero-order valence-electron chi connectivity index (χ0n) is 11.7. The van der Waals surface area contributed by atoms with Gasteiger partial charge in [-0.1, -0.05) is 42.5 Å². The molecule has 0 spiro atoms. The van der Waals surface area contributed by atoms with Crippen molar-refractivity contribution in [3.05, 3.63) is 48.0 Å². The van der Waals surface area contributed by atoms with Crippen molar-refractivity contribution in [1.29, 1.82) is 0 Å². The lowest BCUT2D eigenvalue weighted by Gasteiger charge is -2.27. The van der Waals surface area contributed by atoms with Crippen molar-refractivity contribution in [2.24, 2.45) is 0 Å². The van der Waals surface area contributed by atoms with Crippen molar-refractivity contribution in [1.82, 2.24) is 5.32 Å². The van der Waals surface area contributed by atoms with Crippen molar-refractivity contribution >= 4 is 23.5 Å². The Morgan fingerprint density at radius 1 is 1.38 bits per heavy atom. The molecule has 0 aliphatic carbocycles. The van der Waals surface area contributed by atoms with Crippen molar-refractivity contribution in [3.8, 4) is 0 Å². The summed E-state index contributed by atoms with van der Waals surface area (Å²) in [4.78, 5) is 23.9. The Balaban J connectivity index is 2.04. The first kappa shape index (κ1) is 15.6. The van der Waals surface area contributed by atoms with Crippen LogP contribution in [0.25, 0.3) is 0 Å². The van der Waals surface area contributed by atoms with Crippen LogP contribution >= 0.6 is 11.6 Å². The molecule has 0 saturated carbocycles. The van der Waals surface area contributed by atoms with Gasteiger partial charge in [0.25, 0.3) is 0 Å². The van der Waals surface area contributed by atoms with Crippen LogP contribution in [0.15, 0.2) is 42.5 Å². The molecule has 1 fully saturated rings. The fourth-order valence-electron chi connectivity index (χ4n) is 2.41. The van der Waals surface area contributed by atoms with Crippen LogP contribution < -0.4 is 5.32 Å². The molecule has 1 heterocycles. The predicted octanol–water partition coefficient (Wildman–Crippen LogP) is 2.56. The molecule has 1 aromatic rings. The van der Waals surface area contributed by atoms with Crippen molar-refractivity contribution in [2.45, 2.75) is 31.4 Å². The molecule has 2 rings (SSSR count). The molecule has 1 N–H and O–H groups in total. The Labute approximate surface area is 129 Å². The second kappa shape index (κ2) is 6.76. The van der Waals surface area contributed by atoms with Crippen LogP contribution in [0.2, 0.25) is 0 Å². The molecule has 1 saturated heterocycles. The second-order valence-electron chi connectivity index (χ2n) is 5.25. The van der Waals surface area contributed by atoms with E-state index in [2.05, 4.69) is 11.9 Å². The van der Waals surface area contributed by atoms with Crippen LogP contribution in [0.1, 0.15) is 24.8 Å². The van der Waals surface area contributed by atoms with Gasteiger partial charge < -0.3 is 10.1 Å². The zero-order chi connectivity index (χ0) is 15.3. The minimum atomic E-state index is -1.02. The van der Waals surface area contributed by atoms with Crippen molar-refractivity contribution < 1.29 is 14.3 Å². The Morgan fingerprint density at radius 3 is 2.67 bits per heavy atom. The third-order valence-electron chi connectivity index (χ3n) is 3.50. The number of amides is 1. The average Bonchev–Trinajstić information content (AvgIpc) is 2.88. The molecule has 1 unspecified atom stereocenters. The van der Waals surface area contributed by atoms with Gasteiger partial charge in [-0.25, -0.2) is 4.79 Å². The number of benzene rings is 1. The van der Waals surface area contributed by atoms with Gasteiger partial charge in [-0.15, -0.1) is 11.6 Å². The van der Waals surface area contributed by atoms with Crippen molar-refractivity contribution in [2.75, 3.05) is 5.88 Å². The zero-order valence-corrected chi connectivity index (χ0v) is 12.5. The smallest absolute Gasteiger partial charge is 0.332 e. The highest BCUT2D eigenvalue weighted by Gasteiger charge is 2.46. The standard InChI is InChI=1S/C16H18ClNO3/c1-12(10-17)9-16(8-7-14(19)18-16)15(20)21-11-13-5-3-2-4-6-13/h2-6H,1,7-11H2,(H,18,19). The van der Waals surface area contributed by atoms with E-state index in [1.807, 2.05) is 30.3 Å². The number of alkyl halides is 1. The van der Waals surface area contributed by atoms with Gasteiger partial charge in [0, 0.05) is 18.7 Å². The van der Waals surface area contributed by atoms with E-state index in [1.54, 1.807) is 0 Å². The lowest BCUT2D eigenvalue weighted by Crippen LogP contribution is -2.50. The molecule has 112 valence electrons. The highest BCUT2D eigenvalue weighted by molar-refractivity contribution is 6.19. The Hall–Kier alpha value is -1.81. The number of ether oxygens (including phenoxy) is 1. The van der Waals surface area contributed by atoms with E-state index in [0.717, 1.165) is 5.56 Å². The van der Waals surface area contributed by atoms with E-state index in [-0.39, 0.29) is 18.4 Å². The number of halogens is 1. The topological polar surface area (TPSA) is 55.4 Å². The molecular weight excluding hydrogens is 290 g/mol. The van der Waals surface area contributed by atoms with Crippen LogP contribution in [0, 0.1) is 0 Å². The summed E-state index contributed by atoms with van der Waals surface area (Å²) in [6.45, 7) is 4.00. The van der Waals surface area contributed by atoms with Gasteiger partial charge in [0.1, 0.15) is 12.1 Å². The van der Waals surface area contributed by atoms with Gasteiger partial charge in [-0.2, -0.15) is 0 Å². The third kappa shape index (κ3) is 3.85. The molecular formula is C16H18ClNO3. The average molecular weight is 308 g/mol. The molecule has 5 heteroatoms. The summed E-state index contributed by atoms with van der Waals surface area (Å²) in [7, 11) is 0. The summed E-state index contributed by atoms with van der Waals surface area (Å²) in [5, 5.41) is 2.74. The van der Waals surface area contributed by atoms with E-state index < -0.39 is 11.5 Å². The molecule has 0 radical (unpaired) electrons. The molecule has 4 nitrogen and oxygen atoms in total. The highest BCUT2D eigenvalue weighted by Crippen LogP contribution is 2.29. The first-order valence-corrected chi connectivity index (χ1v) is 7.34. The summed E-state index contributed by atoms with van der Waals surface area (Å²) >= 11 is 5.74. The highest BCUT2D eigenvalue weighted by atomic mass is 35.5. The number of rotatable bonds is 6. The van der Waals surface area contributed by atoms with Crippen LogP contribution in [0.4, 0.5) is 0 Å². The molecule has 1 atom stereocenters. The lowest BCUT2D eigenvalue weighted by molar-refractivity contribution is -0.153. The SMILES string of the molecule is C=C(CCl)CC1(C(=O)OCc2ccccc2)CCC(=O)N1. The lowest BCUT2D eigenvalue weighted by atomic mass is 9.90. The Morgan fingerprint density at radius 2 is 2.10 bits per heavy atom. The minimum absolute atomic E-state index is 0.144. The van der Waals surface area contributed by atoms with E-state index in [0.29, 0.717) is 24.8 Å². The largest absolute Gasteiger partial charge is 0.459 e. The summed E-state index contributed by atoms with van der Waals surface area (Å²) in [5.74, 6) is -0.318. The van der Waals surface area contributed by atoms with Crippen LogP contribution in [0.3, 0.4) is 0 Å². The maximum atomic E-state index is 12.4. The second-order valence-corrected chi connectivity index (χ2v) is 5.52. The monoisotopic (exact) mass is 307 g/mol. The molecule has 0 bridgehead atoms. The molecule has 21 heavy (non-hydrogen) atoms. The summed E-state index contributed by atoms with van der Waals surface area (Å²) in [6.07, 6.45) is 1.04. The van der Waals surface area contributed by atoms with Crippen LogP contribution in [-0.2, 0) is 20.9 Å². The predicted molar refractivity (Wildman–Crippen MR) is 80.8 cm³/mol. The van der Waals surface area contributed by atoms with Gasteiger partial charge in [0.15, 0.2) is 0 Å². The minimum Gasteiger partial charge on any atom is -0.459 e. The number of hydrogen-bond acceptors (Lipinski definition) is 3. The summed E-state index contributed by atoms with van der Waals surface area (Å²) in [6, 6.07) is 9.42. The fourth-order valence-corrected chi connectivity index (χ4v) is 2.51. The van der Waals surface area contributed by atoms with Gasteiger partial charge in [0.2, 0.25) is 5.91 Å². The van der Waals surface area contributed by atoms with Gasteiger partial charge in [-0.3, -0.25) is 4.79 Å². The number of carbonyl (C=O) groups excluding carboxylic acids is 2. The first-order chi connectivity index (χ1) is 10.1. The molecule has 1 aliphatic rings. The number of esters is 1. The van der Waals surface area contributed by atoms with Gasteiger partial charge in [0.05, 0.1) is 0 Å². The number of hydrogen-bond donors (Lipinski definition) is 1. The van der Waals surface area contributed by atoms with Gasteiger partial charge >= 0.3 is 5.97 Å². The maximum absolute atomic E-state index is 12.4. The van der Waals surface area contributed by atoms with E-state index in [9.17, 15) is 9.59 Å². The third-order valence-corrected chi connectivity index (χ3v) is 3.88. The van der Waals surface area contributed by atoms with E-state index in [4.69, 9.17) is 16.3 Å². The van der Waals surface area contributed by atoms with Gasteiger partial charge in [-0.05, 0) is 12.0 Å². The quantitative estimate of drug-likeness (QED) is 0.499. The Kier molecular flexibility index (Phi) is 5.02. The maximum Gasteiger partial charge on any atom is 0.332 e. The van der Waals surface area contributed by atoms with Crippen molar-refractivity contribution in [3.63, 3.8) is 0 Å². The number of carbonyl (C=O) groups is 2. The fraction of sp³-hybridized carbons (Fsp3) is 0.375. The van der Waals surface area contributed by atoms with Crippen LogP contribution in [0.5, 0.6) is 0 Å². The summed E-state index contributed by atoms with van der Waals surface area (Å²) < 4.78 is 5.37. The van der Waals surface area contributed by atoms with Crippen LogP contribution in [-0.4, -0.2) is 23.3 Å². The molecule has 1 amide bonds. The van der Waals surface area contributed by atoms with E-state index in [1.165, 1.54) is 0 Å². The molecule has 1 aliphatic heterocycles. The molecule has 1 aromatic carbocycles. The van der Waals surface area contributed by atoms with E-state index >= 15 is 0 Å².